The molecule has 2 aliphatic rings. The standard InChI is InChI=1S/C22H21NO4S3/c1-26-17-12-14(9-10-16(17)27-21(25)18-8-5-11-29-18)13-19-20(24)23(22(28)30-19)15-6-3-2-4-7-15/h5,8-13,15H,2-4,6-7H2,1H3/b19-13+. The van der Waals surface area contributed by atoms with Gasteiger partial charge in [-0.05, 0) is 48.1 Å². The summed E-state index contributed by atoms with van der Waals surface area (Å²) in [4.78, 5) is 28.1. The Balaban J connectivity index is 1.52. The van der Waals surface area contributed by atoms with Crippen molar-refractivity contribution in [3.63, 3.8) is 0 Å². The quantitative estimate of drug-likeness (QED) is 0.254. The lowest BCUT2D eigenvalue weighted by molar-refractivity contribution is -0.124. The van der Waals surface area contributed by atoms with Crippen LogP contribution in [0.1, 0.15) is 47.3 Å². The summed E-state index contributed by atoms with van der Waals surface area (Å²) in [6, 6.07) is 8.95. The van der Waals surface area contributed by atoms with Gasteiger partial charge in [0.15, 0.2) is 11.5 Å². The molecule has 0 radical (unpaired) electrons. The average Bonchev–Trinajstić information content (AvgIpc) is 3.38. The fourth-order valence-corrected chi connectivity index (χ4v) is 5.69. The van der Waals surface area contributed by atoms with Crippen LogP contribution in [0.2, 0.25) is 0 Å². The topological polar surface area (TPSA) is 55.8 Å². The van der Waals surface area contributed by atoms with Crippen LogP contribution in [0, 0.1) is 0 Å². The van der Waals surface area contributed by atoms with Gasteiger partial charge < -0.3 is 9.47 Å². The average molecular weight is 460 g/mol. The Hall–Kier alpha value is -2.16. The van der Waals surface area contributed by atoms with Crippen LogP contribution in [0.15, 0.2) is 40.6 Å². The number of benzene rings is 1. The molecule has 1 aliphatic carbocycles. The van der Waals surface area contributed by atoms with Gasteiger partial charge in [0, 0.05) is 6.04 Å². The van der Waals surface area contributed by atoms with Crippen LogP contribution in [-0.2, 0) is 4.79 Å². The van der Waals surface area contributed by atoms with Gasteiger partial charge in [-0.2, -0.15) is 0 Å². The molecule has 8 heteroatoms. The molecule has 0 atom stereocenters. The summed E-state index contributed by atoms with van der Waals surface area (Å²) in [7, 11) is 1.52. The molecular formula is C22H21NO4S3. The first-order valence-corrected chi connectivity index (χ1v) is 11.9. The van der Waals surface area contributed by atoms with Gasteiger partial charge in [-0.15, -0.1) is 11.3 Å². The summed E-state index contributed by atoms with van der Waals surface area (Å²) in [5.41, 5.74) is 0.784. The summed E-state index contributed by atoms with van der Waals surface area (Å²) in [6.07, 6.45) is 7.35. The van der Waals surface area contributed by atoms with Gasteiger partial charge in [0.05, 0.1) is 12.0 Å². The normalized spacial score (nSPS) is 18.8. The Kier molecular flexibility index (Phi) is 6.55. The molecule has 2 aromatic rings. The molecule has 1 saturated carbocycles. The van der Waals surface area contributed by atoms with Gasteiger partial charge in [0.2, 0.25) is 0 Å². The molecule has 5 nitrogen and oxygen atoms in total. The Labute approximate surface area is 189 Å². The van der Waals surface area contributed by atoms with E-state index in [1.54, 1.807) is 35.2 Å². The van der Waals surface area contributed by atoms with E-state index in [4.69, 9.17) is 21.7 Å². The maximum Gasteiger partial charge on any atom is 0.353 e. The number of carbonyl (C=O) groups is 2. The molecule has 2 fully saturated rings. The highest BCUT2D eigenvalue weighted by Gasteiger charge is 2.37. The number of amides is 1. The lowest BCUT2D eigenvalue weighted by Crippen LogP contribution is -2.39. The largest absolute Gasteiger partial charge is 0.493 e. The molecule has 0 N–H and O–H groups in total. The Morgan fingerprint density at radius 2 is 2.00 bits per heavy atom. The van der Waals surface area contributed by atoms with Crippen molar-refractivity contribution in [1.82, 2.24) is 4.90 Å². The maximum absolute atomic E-state index is 13.0. The van der Waals surface area contributed by atoms with Crippen molar-refractivity contribution in [3.8, 4) is 11.5 Å². The summed E-state index contributed by atoms with van der Waals surface area (Å²) < 4.78 is 11.5. The van der Waals surface area contributed by atoms with Crippen LogP contribution in [0.5, 0.6) is 11.5 Å². The van der Waals surface area contributed by atoms with Crippen LogP contribution < -0.4 is 9.47 Å². The van der Waals surface area contributed by atoms with Gasteiger partial charge in [-0.1, -0.05) is 55.4 Å². The SMILES string of the molecule is COc1cc(/C=C2/SC(=S)N(C3CCCCC3)C2=O)ccc1OC(=O)c1cccs1. The molecular weight excluding hydrogens is 438 g/mol. The van der Waals surface area contributed by atoms with E-state index in [0.717, 1.165) is 31.2 Å². The van der Waals surface area contributed by atoms with Crippen LogP contribution in [0.25, 0.3) is 6.08 Å². The van der Waals surface area contributed by atoms with Crippen LogP contribution >= 0.6 is 35.3 Å². The van der Waals surface area contributed by atoms with Crippen LogP contribution in [0.4, 0.5) is 0 Å². The fraction of sp³-hybridized carbons (Fsp3) is 0.318. The van der Waals surface area contributed by atoms with Gasteiger partial charge in [0.1, 0.15) is 9.20 Å². The third-order valence-corrected chi connectivity index (χ3v) is 7.35. The highest BCUT2D eigenvalue weighted by molar-refractivity contribution is 8.26. The molecule has 0 spiro atoms. The van der Waals surface area contributed by atoms with E-state index in [1.165, 1.54) is 36.6 Å². The monoisotopic (exact) mass is 459 g/mol. The van der Waals surface area contributed by atoms with Crippen molar-refractivity contribution in [2.45, 2.75) is 38.1 Å². The van der Waals surface area contributed by atoms with Crippen molar-refractivity contribution in [3.05, 3.63) is 51.1 Å². The highest BCUT2D eigenvalue weighted by atomic mass is 32.2. The second-order valence-corrected chi connectivity index (χ2v) is 9.74. The zero-order valence-corrected chi connectivity index (χ0v) is 18.9. The van der Waals surface area contributed by atoms with Crippen molar-refractivity contribution in [1.29, 1.82) is 0 Å². The van der Waals surface area contributed by atoms with Crippen LogP contribution in [-0.4, -0.2) is 34.2 Å². The zero-order valence-electron chi connectivity index (χ0n) is 16.5. The number of ether oxygens (including phenoxy) is 2. The summed E-state index contributed by atoms with van der Waals surface area (Å²) in [6.45, 7) is 0. The number of carbonyl (C=O) groups excluding carboxylic acids is 2. The molecule has 1 aliphatic heterocycles. The lowest BCUT2D eigenvalue weighted by atomic mass is 9.94. The molecule has 2 heterocycles. The minimum Gasteiger partial charge on any atom is -0.493 e. The maximum atomic E-state index is 13.0. The van der Waals surface area contributed by atoms with E-state index < -0.39 is 5.97 Å². The lowest BCUT2D eigenvalue weighted by Gasteiger charge is -2.29. The first kappa shape index (κ1) is 21.1. The van der Waals surface area contributed by atoms with Crippen LogP contribution in [0.3, 0.4) is 0 Å². The first-order valence-electron chi connectivity index (χ1n) is 9.77. The van der Waals surface area contributed by atoms with E-state index in [0.29, 0.717) is 25.6 Å². The summed E-state index contributed by atoms with van der Waals surface area (Å²) in [5.74, 6) is 0.313. The number of hydrogen-bond donors (Lipinski definition) is 0. The van der Waals surface area contributed by atoms with Gasteiger partial charge in [-0.25, -0.2) is 4.79 Å². The Bertz CT molecular complexity index is 994. The molecule has 1 aromatic carbocycles. The number of methoxy groups -OCH3 is 1. The number of nitrogens with zero attached hydrogens (tertiary/aromatic N) is 1. The van der Waals surface area contributed by atoms with E-state index >= 15 is 0 Å². The third kappa shape index (κ3) is 4.45. The smallest absolute Gasteiger partial charge is 0.353 e. The minimum atomic E-state index is -0.426. The highest BCUT2D eigenvalue weighted by Crippen LogP contribution is 2.38. The molecule has 30 heavy (non-hydrogen) atoms. The first-order chi connectivity index (χ1) is 14.6. The number of hydrogen-bond acceptors (Lipinski definition) is 7. The van der Waals surface area contributed by atoms with Crippen molar-refractivity contribution < 1.29 is 19.1 Å². The minimum absolute atomic E-state index is 0.0240. The van der Waals surface area contributed by atoms with Gasteiger partial charge >= 0.3 is 5.97 Å². The Morgan fingerprint density at radius 1 is 1.20 bits per heavy atom. The predicted molar refractivity (Wildman–Crippen MR) is 124 cm³/mol. The van der Waals surface area contributed by atoms with E-state index in [9.17, 15) is 9.59 Å². The molecule has 0 unspecified atom stereocenters. The molecule has 1 amide bonds. The fourth-order valence-electron chi connectivity index (χ4n) is 3.69. The molecule has 1 aromatic heterocycles. The predicted octanol–water partition coefficient (Wildman–Crippen LogP) is 5.51. The second-order valence-electron chi connectivity index (χ2n) is 7.12. The number of thiophene rings is 1. The second kappa shape index (κ2) is 9.32. The number of thioether (sulfide) groups is 1. The number of rotatable bonds is 5. The number of esters is 1. The molecule has 4 rings (SSSR count). The number of thiocarbonyl (C=S) groups is 1. The van der Waals surface area contributed by atoms with Gasteiger partial charge in [-0.3, -0.25) is 9.69 Å². The summed E-state index contributed by atoms with van der Waals surface area (Å²) >= 11 is 8.15. The van der Waals surface area contributed by atoms with E-state index in [1.807, 2.05) is 11.5 Å². The van der Waals surface area contributed by atoms with Crippen molar-refractivity contribution in [2.24, 2.45) is 0 Å². The van der Waals surface area contributed by atoms with Crippen molar-refractivity contribution >= 4 is 57.6 Å². The van der Waals surface area contributed by atoms with E-state index in [-0.39, 0.29) is 11.9 Å². The molecule has 156 valence electrons. The van der Waals surface area contributed by atoms with Gasteiger partial charge in [0.25, 0.3) is 5.91 Å². The van der Waals surface area contributed by atoms with Crippen molar-refractivity contribution in [2.75, 3.05) is 7.11 Å². The molecule has 0 bridgehead atoms. The van der Waals surface area contributed by atoms with E-state index in [2.05, 4.69) is 0 Å². The Morgan fingerprint density at radius 3 is 2.70 bits per heavy atom. The zero-order chi connectivity index (χ0) is 21.1. The summed E-state index contributed by atoms with van der Waals surface area (Å²) in [5, 5.41) is 1.82. The molecule has 1 saturated heterocycles. The third-order valence-electron chi connectivity index (χ3n) is 5.17.